The second-order valence-electron chi connectivity index (χ2n) is 5.73. The number of hydrogen-bond donors (Lipinski definition) is 1. The molecule has 0 saturated heterocycles. The van der Waals surface area contributed by atoms with Crippen LogP contribution in [0.5, 0.6) is 0 Å². The minimum absolute atomic E-state index is 0.100. The second kappa shape index (κ2) is 5.83. The average Bonchev–Trinajstić information content (AvgIpc) is 2.55. The number of hydrazone groups is 1. The molecule has 0 bridgehead atoms. The van der Waals surface area contributed by atoms with E-state index in [4.69, 9.17) is 5.11 Å². The van der Waals surface area contributed by atoms with Crippen molar-refractivity contribution in [1.29, 1.82) is 0 Å². The summed E-state index contributed by atoms with van der Waals surface area (Å²) in [5, 5.41) is 14.3. The largest absolute Gasteiger partial charge is 0.478 e. The van der Waals surface area contributed by atoms with Crippen LogP contribution in [0.25, 0.3) is 0 Å². The molecule has 7 nitrogen and oxygen atoms in total. The van der Waals surface area contributed by atoms with Gasteiger partial charge < -0.3 is 10.0 Å². The number of amides is 2. The monoisotopic (exact) mass is 315 g/mol. The first-order valence-electron chi connectivity index (χ1n) is 7.44. The van der Waals surface area contributed by atoms with E-state index in [0.29, 0.717) is 31.6 Å². The zero-order chi connectivity index (χ0) is 16.6. The summed E-state index contributed by atoms with van der Waals surface area (Å²) in [7, 11) is 1.54. The Morgan fingerprint density at radius 3 is 2.65 bits per heavy atom. The molecule has 2 aliphatic rings. The van der Waals surface area contributed by atoms with Gasteiger partial charge >= 0.3 is 5.97 Å². The molecule has 2 heterocycles. The number of fused-ring (bicyclic) bond motifs is 1. The molecule has 0 radical (unpaired) electrons. The summed E-state index contributed by atoms with van der Waals surface area (Å²) in [6.07, 6.45) is 1.32. The van der Waals surface area contributed by atoms with E-state index >= 15 is 0 Å². The highest BCUT2D eigenvalue weighted by atomic mass is 16.4. The maximum absolute atomic E-state index is 12.6. The molecule has 0 fully saturated rings. The quantitative estimate of drug-likeness (QED) is 0.877. The van der Waals surface area contributed by atoms with Gasteiger partial charge in [0.15, 0.2) is 0 Å². The molecule has 0 saturated carbocycles. The van der Waals surface area contributed by atoms with Crippen LogP contribution in [0.4, 0.5) is 0 Å². The van der Waals surface area contributed by atoms with Gasteiger partial charge in [-0.05, 0) is 29.7 Å². The van der Waals surface area contributed by atoms with Crippen LogP contribution in [0, 0.1) is 0 Å². The third kappa shape index (κ3) is 2.94. The molecule has 7 heteroatoms. The first-order valence-corrected chi connectivity index (χ1v) is 7.44. The summed E-state index contributed by atoms with van der Waals surface area (Å²) >= 11 is 0. The highest BCUT2D eigenvalue weighted by Gasteiger charge is 2.28. The number of rotatable bonds is 2. The van der Waals surface area contributed by atoms with Crippen LogP contribution in [0.3, 0.4) is 0 Å². The topological polar surface area (TPSA) is 90.3 Å². The van der Waals surface area contributed by atoms with Crippen molar-refractivity contribution in [3.05, 3.63) is 34.9 Å². The van der Waals surface area contributed by atoms with E-state index in [2.05, 4.69) is 5.10 Å². The van der Waals surface area contributed by atoms with Crippen molar-refractivity contribution >= 4 is 23.5 Å². The number of carboxylic acid groups (broad SMARTS) is 1. The van der Waals surface area contributed by atoms with Gasteiger partial charge in [-0.15, -0.1) is 0 Å². The van der Waals surface area contributed by atoms with E-state index in [9.17, 15) is 14.4 Å². The predicted octanol–water partition coefficient (Wildman–Crippen LogP) is 0.878. The van der Waals surface area contributed by atoms with Crippen LogP contribution in [0.15, 0.2) is 23.3 Å². The Bertz CT molecular complexity index is 726. The molecule has 0 unspecified atom stereocenters. The molecule has 0 spiro atoms. The van der Waals surface area contributed by atoms with Gasteiger partial charge in [-0.1, -0.05) is 6.07 Å². The van der Waals surface area contributed by atoms with Gasteiger partial charge in [-0.3, -0.25) is 9.59 Å². The van der Waals surface area contributed by atoms with Crippen molar-refractivity contribution in [2.45, 2.75) is 25.8 Å². The zero-order valence-electron chi connectivity index (χ0n) is 12.8. The lowest BCUT2D eigenvalue weighted by Crippen LogP contribution is -2.43. The highest BCUT2D eigenvalue weighted by Crippen LogP contribution is 2.22. The zero-order valence-corrected chi connectivity index (χ0v) is 12.8. The first-order chi connectivity index (χ1) is 11.0. The van der Waals surface area contributed by atoms with Crippen molar-refractivity contribution in [3.8, 4) is 0 Å². The third-order valence-corrected chi connectivity index (χ3v) is 4.21. The molecule has 2 aliphatic heterocycles. The lowest BCUT2D eigenvalue weighted by molar-refractivity contribution is -0.130. The van der Waals surface area contributed by atoms with E-state index in [1.54, 1.807) is 24.1 Å². The normalized spacial score (nSPS) is 17.6. The summed E-state index contributed by atoms with van der Waals surface area (Å²) in [5.74, 6) is -1.26. The molecular formula is C16H17N3O4. The maximum Gasteiger partial charge on any atom is 0.335 e. The van der Waals surface area contributed by atoms with Gasteiger partial charge in [-0.25, -0.2) is 9.80 Å². The van der Waals surface area contributed by atoms with Gasteiger partial charge in [-0.2, -0.15) is 5.10 Å². The van der Waals surface area contributed by atoms with E-state index in [1.807, 2.05) is 6.07 Å². The van der Waals surface area contributed by atoms with Crippen LogP contribution < -0.4 is 0 Å². The average molecular weight is 315 g/mol. The molecule has 0 aromatic heterocycles. The fourth-order valence-electron chi connectivity index (χ4n) is 2.87. The Labute approximate surface area is 133 Å². The van der Waals surface area contributed by atoms with Crippen LogP contribution in [-0.4, -0.2) is 52.1 Å². The van der Waals surface area contributed by atoms with Crippen LogP contribution in [0.2, 0.25) is 0 Å². The van der Waals surface area contributed by atoms with Crippen LogP contribution >= 0.6 is 0 Å². The fourth-order valence-corrected chi connectivity index (χ4v) is 2.87. The molecule has 1 aromatic rings. The minimum atomic E-state index is -0.979. The Hall–Kier alpha value is -2.70. The summed E-state index contributed by atoms with van der Waals surface area (Å²) in [5.41, 5.74) is 2.52. The Balaban J connectivity index is 1.80. The first kappa shape index (κ1) is 15.2. The van der Waals surface area contributed by atoms with Crippen molar-refractivity contribution in [1.82, 2.24) is 9.91 Å². The summed E-state index contributed by atoms with van der Waals surface area (Å²) in [6.45, 7) is 0.931. The molecule has 120 valence electrons. The van der Waals surface area contributed by atoms with Crippen molar-refractivity contribution < 1.29 is 19.5 Å². The number of nitrogens with zero attached hydrogens (tertiary/aromatic N) is 3. The molecule has 2 amide bonds. The number of carbonyl (C=O) groups excluding carboxylic acids is 2. The Kier molecular flexibility index (Phi) is 3.85. The van der Waals surface area contributed by atoms with E-state index in [0.717, 1.165) is 11.1 Å². The Morgan fingerprint density at radius 2 is 1.96 bits per heavy atom. The van der Waals surface area contributed by atoms with E-state index < -0.39 is 5.97 Å². The molecule has 0 aliphatic carbocycles. The molecular weight excluding hydrogens is 298 g/mol. The molecule has 23 heavy (non-hydrogen) atoms. The van der Waals surface area contributed by atoms with Crippen molar-refractivity contribution in [2.75, 3.05) is 13.6 Å². The van der Waals surface area contributed by atoms with Gasteiger partial charge in [0, 0.05) is 33.0 Å². The lowest BCUT2D eigenvalue weighted by Gasteiger charge is -2.30. The van der Waals surface area contributed by atoms with Gasteiger partial charge in [0.2, 0.25) is 5.91 Å². The predicted molar refractivity (Wildman–Crippen MR) is 82.0 cm³/mol. The SMILES string of the molecule is CN1N=C(C(=O)N2CCc3ccc(C(=O)O)cc3C2)CCC1=O. The van der Waals surface area contributed by atoms with Gasteiger partial charge in [0.25, 0.3) is 5.91 Å². The van der Waals surface area contributed by atoms with Gasteiger partial charge in [0.1, 0.15) is 5.71 Å². The number of carbonyl (C=O) groups is 3. The molecule has 1 aromatic carbocycles. The molecule has 1 N–H and O–H groups in total. The van der Waals surface area contributed by atoms with E-state index in [1.165, 1.54) is 5.01 Å². The minimum Gasteiger partial charge on any atom is -0.478 e. The van der Waals surface area contributed by atoms with Crippen molar-refractivity contribution in [2.24, 2.45) is 5.10 Å². The highest BCUT2D eigenvalue weighted by molar-refractivity contribution is 6.39. The fraction of sp³-hybridized carbons (Fsp3) is 0.375. The standard InChI is InChI=1S/C16H17N3O4/c1-18-14(20)5-4-13(17-18)15(21)19-7-6-10-2-3-11(16(22)23)8-12(10)9-19/h2-3,8H,4-7,9H2,1H3,(H,22,23). The number of hydrogen-bond acceptors (Lipinski definition) is 4. The van der Waals surface area contributed by atoms with Crippen LogP contribution in [-0.2, 0) is 22.6 Å². The molecule has 3 rings (SSSR count). The third-order valence-electron chi connectivity index (χ3n) is 4.21. The smallest absolute Gasteiger partial charge is 0.335 e. The van der Waals surface area contributed by atoms with Crippen molar-refractivity contribution in [3.63, 3.8) is 0 Å². The second-order valence-corrected chi connectivity index (χ2v) is 5.73. The summed E-state index contributed by atoms with van der Waals surface area (Å²) in [6, 6.07) is 5.02. The number of benzene rings is 1. The van der Waals surface area contributed by atoms with Crippen LogP contribution in [0.1, 0.15) is 34.3 Å². The number of carboxylic acids is 1. The maximum atomic E-state index is 12.6. The van der Waals surface area contributed by atoms with Gasteiger partial charge in [0.05, 0.1) is 5.56 Å². The number of aromatic carboxylic acids is 1. The summed E-state index contributed by atoms with van der Waals surface area (Å²) in [4.78, 5) is 36.8. The summed E-state index contributed by atoms with van der Waals surface area (Å²) < 4.78 is 0. The lowest BCUT2D eigenvalue weighted by atomic mass is 9.97. The Morgan fingerprint density at radius 1 is 1.17 bits per heavy atom. The molecule has 0 atom stereocenters. The van der Waals surface area contributed by atoms with E-state index in [-0.39, 0.29) is 23.8 Å².